The molecular weight excluding hydrogens is 270 g/mol. The topological polar surface area (TPSA) is 57.0 Å². The van der Waals surface area contributed by atoms with Gasteiger partial charge in [-0.15, -0.1) is 0 Å². The summed E-state index contributed by atoms with van der Waals surface area (Å²) in [5.74, 6) is 2.62. The van der Waals surface area contributed by atoms with Crippen molar-refractivity contribution in [2.24, 2.45) is 12.8 Å². The summed E-state index contributed by atoms with van der Waals surface area (Å²) in [4.78, 5) is 4.52. The second kappa shape index (κ2) is 4.43. The standard InChI is InChI=1S/C11H14BrN3O/c1-7-3-4-8(16-7)10-11(12)15(2)9(14-10)5-6-13/h3-4H,5-6,13H2,1-2H3. The van der Waals surface area contributed by atoms with Gasteiger partial charge in [0.05, 0.1) is 0 Å². The summed E-state index contributed by atoms with van der Waals surface area (Å²) in [5, 5.41) is 0. The monoisotopic (exact) mass is 283 g/mol. The van der Waals surface area contributed by atoms with Crippen molar-refractivity contribution < 1.29 is 4.42 Å². The van der Waals surface area contributed by atoms with Crippen molar-refractivity contribution in [3.05, 3.63) is 28.3 Å². The van der Waals surface area contributed by atoms with Crippen LogP contribution >= 0.6 is 15.9 Å². The molecule has 2 heterocycles. The van der Waals surface area contributed by atoms with Gasteiger partial charge in [-0.25, -0.2) is 4.98 Å². The maximum Gasteiger partial charge on any atom is 0.155 e. The molecule has 0 atom stereocenters. The van der Waals surface area contributed by atoms with Gasteiger partial charge in [-0.1, -0.05) is 0 Å². The molecule has 0 aromatic carbocycles. The van der Waals surface area contributed by atoms with Gasteiger partial charge in [0.25, 0.3) is 0 Å². The lowest BCUT2D eigenvalue weighted by Crippen LogP contribution is -2.07. The third kappa shape index (κ3) is 1.92. The van der Waals surface area contributed by atoms with Crippen molar-refractivity contribution in [2.45, 2.75) is 13.3 Å². The molecular formula is C11H14BrN3O. The third-order valence-electron chi connectivity index (χ3n) is 2.46. The number of rotatable bonds is 3. The van der Waals surface area contributed by atoms with E-state index in [1.807, 2.05) is 30.7 Å². The Labute approximate surface area is 103 Å². The van der Waals surface area contributed by atoms with Crippen molar-refractivity contribution >= 4 is 15.9 Å². The smallest absolute Gasteiger partial charge is 0.155 e. The predicted molar refractivity (Wildman–Crippen MR) is 66.1 cm³/mol. The van der Waals surface area contributed by atoms with Gasteiger partial charge < -0.3 is 14.7 Å². The number of hydrogen-bond donors (Lipinski definition) is 1. The number of halogens is 1. The Morgan fingerprint density at radius 1 is 1.50 bits per heavy atom. The number of aromatic nitrogens is 2. The average Bonchev–Trinajstić information content (AvgIpc) is 2.78. The molecule has 0 unspecified atom stereocenters. The minimum Gasteiger partial charge on any atom is -0.460 e. The van der Waals surface area contributed by atoms with Crippen molar-refractivity contribution in [2.75, 3.05) is 6.54 Å². The predicted octanol–water partition coefficient (Wildman–Crippen LogP) is 2.25. The second-order valence-corrected chi connectivity index (χ2v) is 4.43. The van der Waals surface area contributed by atoms with Crippen LogP contribution in [0.1, 0.15) is 11.6 Å². The molecule has 86 valence electrons. The lowest BCUT2D eigenvalue weighted by atomic mass is 10.3. The lowest BCUT2D eigenvalue weighted by molar-refractivity contribution is 0.546. The molecule has 5 heteroatoms. The minimum atomic E-state index is 0.591. The zero-order valence-corrected chi connectivity index (χ0v) is 10.9. The van der Waals surface area contributed by atoms with Crippen LogP contribution in [0.5, 0.6) is 0 Å². The van der Waals surface area contributed by atoms with Gasteiger partial charge in [0.15, 0.2) is 5.76 Å². The van der Waals surface area contributed by atoms with Crippen LogP contribution in [-0.4, -0.2) is 16.1 Å². The van der Waals surface area contributed by atoms with E-state index in [1.165, 1.54) is 0 Å². The highest BCUT2D eigenvalue weighted by molar-refractivity contribution is 9.10. The number of hydrogen-bond acceptors (Lipinski definition) is 3. The fourth-order valence-corrected chi connectivity index (χ4v) is 2.08. The van der Waals surface area contributed by atoms with E-state index in [0.29, 0.717) is 6.54 Å². The molecule has 0 fully saturated rings. The minimum absolute atomic E-state index is 0.591. The van der Waals surface area contributed by atoms with E-state index in [-0.39, 0.29) is 0 Å². The van der Waals surface area contributed by atoms with E-state index >= 15 is 0 Å². The van der Waals surface area contributed by atoms with Crippen LogP contribution in [0, 0.1) is 6.92 Å². The largest absolute Gasteiger partial charge is 0.460 e. The first-order valence-electron chi connectivity index (χ1n) is 5.11. The molecule has 4 nitrogen and oxygen atoms in total. The quantitative estimate of drug-likeness (QED) is 0.940. The Balaban J connectivity index is 2.45. The van der Waals surface area contributed by atoms with Crippen LogP contribution in [0.2, 0.25) is 0 Å². The van der Waals surface area contributed by atoms with Gasteiger partial charge in [0.1, 0.15) is 21.9 Å². The molecule has 0 bridgehead atoms. The average molecular weight is 284 g/mol. The highest BCUT2D eigenvalue weighted by Crippen LogP contribution is 2.29. The van der Waals surface area contributed by atoms with Gasteiger partial charge in [0.2, 0.25) is 0 Å². The number of nitrogens with two attached hydrogens (primary N) is 1. The Morgan fingerprint density at radius 3 is 2.81 bits per heavy atom. The fourth-order valence-electron chi connectivity index (χ4n) is 1.59. The maximum absolute atomic E-state index is 5.56. The van der Waals surface area contributed by atoms with Crippen LogP contribution in [0.4, 0.5) is 0 Å². The number of imidazole rings is 1. The molecule has 2 rings (SSSR count). The number of aryl methyl sites for hydroxylation is 1. The van der Waals surface area contributed by atoms with Gasteiger partial charge in [-0.05, 0) is 41.5 Å². The molecule has 0 radical (unpaired) electrons. The SMILES string of the molecule is Cc1ccc(-c2nc(CCN)n(C)c2Br)o1. The third-order valence-corrected chi connectivity index (χ3v) is 3.37. The van der Waals surface area contributed by atoms with Gasteiger partial charge in [-0.3, -0.25) is 0 Å². The summed E-state index contributed by atoms with van der Waals surface area (Å²) in [5.41, 5.74) is 6.37. The Morgan fingerprint density at radius 2 is 2.25 bits per heavy atom. The first-order chi connectivity index (χ1) is 7.63. The fraction of sp³-hybridized carbons (Fsp3) is 0.364. The molecule has 2 N–H and O–H groups in total. The van der Waals surface area contributed by atoms with Gasteiger partial charge in [0, 0.05) is 13.5 Å². The summed E-state index contributed by atoms with van der Waals surface area (Å²) in [6.45, 7) is 2.51. The second-order valence-electron chi connectivity index (χ2n) is 3.68. The number of furan rings is 1. The van der Waals surface area contributed by atoms with Crippen LogP contribution in [0.3, 0.4) is 0 Å². The zero-order valence-electron chi connectivity index (χ0n) is 9.33. The van der Waals surface area contributed by atoms with E-state index < -0.39 is 0 Å². The van der Waals surface area contributed by atoms with Crippen LogP contribution < -0.4 is 5.73 Å². The summed E-state index contributed by atoms with van der Waals surface area (Å²) in [6, 6.07) is 3.85. The van der Waals surface area contributed by atoms with Crippen molar-refractivity contribution in [3.63, 3.8) is 0 Å². The Kier molecular flexibility index (Phi) is 3.16. The van der Waals surface area contributed by atoms with E-state index in [2.05, 4.69) is 20.9 Å². The van der Waals surface area contributed by atoms with Crippen LogP contribution in [-0.2, 0) is 13.5 Å². The Hall–Kier alpha value is -1.07. The normalized spacial score (nSPS) is 11.0. The molecule has 0 aliphatic carbocycles. The summed E-state index contributed by atoms with van der Waals surface area (Å²) in [6.07, 6.45) is 0.759. The van der Waals surface area contributed by atoms with E-state index in [1.54, 1.807) is 0 Å². The van der Waals surface area contributed by atoms with Crippen molar-refractivity contribution in [1.82, 2.24) is 9.55 Å². The molecule has 0 aliphatic heterocycles. The molecule has 0 amide bonds. The first-order valence-corrected chi connectivity index (χ1v) is 5.90. The van der Waals surface area contributed by atoms with Crippen LogP contribution in [0.25, 0.3) is 11.5 Å². The molecule has 0 saturated heterocycles. The molecule has 16 heavy (non-hydrogen) atoms. The van der Waals surface area contributed by atoms with E-state index in [4.69, 9.17) is 10.2 Å². The maximum atomic E-state index is 5.56. The van der Waals surface area contributed by atoms with E-state index in [9.17, 15) is 0 Å². The number of nitrogens with zero attached hydrogens (tertiary/aromatic N) is 2. The molecule has 2 aromatic rings. The van der Waals surface area contributed by atoms with Crippen LogP contribution in [0.15, 0.2) is 21.2 Å². The first kappa shape index (κ1) is 11.4. The molecule has 2 aromatic heterocycles. The summed E-state index contributed by atoms with van der Waals surface area (Å²) < 4.78 is 8.47. The lowest BCUT2D eigenvalue weighted by Gasteiger charge is -1.98. The summed E-state index contributed by atoms with van der Waals surface area (Å²) >= 11 is 3.52. The van der Waals surface area contributed by atoms with E-state index in [0.717, 1.165) is 34.1 Å². The zero-order chi connectivity index (χ0) is 11.7. The highest BCUT2D eigenvalue weighted by Gasteiger charge is 2.15. The van der Waals surface area contributed by atoms with Crippen molar-refractivity contribution in [3.8, 4) is 11.5 Å². The van der Waals surface area contributed by atoms with Gasteiger partial charge >= 0.3 is 0 Å². The molecule has 0 spiro atoms. The molecule has 0 saturated carbocycles. The Bertz CT molecular complexity index is 501. The highest BCUT2D eigenvalue weighted by atomic mass is 79.9. The van der Waals surface area contributed by atoms with Crippen molar-refractivity contribution in [1.29, 1.82) is 0 Å². The van der Waals surface area contributed by atoms with Gasteiger partial charge in [-0.2, -0.15) is 0 Å². The summed E-state index contributed by atoms with van der Waals surface area (Å²) in [7, 11) is 1.96. The molecule has 0 aliphatic rings.